The van der Waals surface area contributed by atoms with Gasteiger partial charge in [-0.3, -0.25) is 0 Å². The third-order valence-corrected chi connectivity index (χ3v) is 1.05. The van der Waals surface area contributed by atoms with Gasteiger partial charge >= 0.3 is 21.7 Å². The lowest BCUT2D eigenvalue weighted by Gasteiger charge is -1.90. The van der Waals surface area contributed by atoms with Crippen LogP contribution in [-0.4, -0.2) is 18.8 Å². The summed E-state index contributed by atoms with van der Waals surface area (Å²) in [7, 11) is -4.79. The maximum Gasteiger partial charge on any atom is 0.452 e. The van der Waals surface area contributed by atoms with Crippen LogP contribution in [0.4, 0.5) is 4.79 Å². The third kappa shape index (κ3) is 2.29. The van der Waals surface area contributed by atoms with Gasteiger partial charge in [0.15, 0.2) is 0 Å². The first kappa shape index (κ1) is 8.67. The van der Waals surface area contributed by atoms with E-state index < -0.39 is 15.4 Å². The molecule has 0 saturated carbocycles. The Morgan fingerprint density at radius 3 is 2.40 bits per heavy atom. The van der Waals surface area contributed by atoms with E-state index in [1.807, 2.05) is 0 Å². The van der Waals surface area contributed by atoms with Crippen LogP contribution in [0.1, 0.15) is 0 Å². The number of nitriles is 1. The lowest BCUT2D eigenvalue weighted by Crippen LogP contribution is -2.14. The molecule has 8 heteroatoms. The van der Waals surface area contributed by atoms with Crippen molar-refractivity contribution in [1.29, 1.82) is 5.26 Å². The fraction of sp³-hybridized carbons (Fsp3) is 0. The van der Waals surface area contributed by atoms with Crippen LogP contribution in [0, 0.1) is 11.5 Å². The van der Waals surface area contributed by atoms with Crippen molar-refractivity contribution in [3.8, 4) is 6.26 Å². The van der Waals surface area contributed by atoms with Gasteiger partial charge in [-0.1, -0.05) is 0 Å². The monoisotopic (exact) mass is 167 g/mol. The summed E-state index contributed by atoms with van der Waals surface area (Å²) >= 11 is 0. The molecule has 0 aromatic rings. The minimum atomic E-state index is -4.79. The van der Waals surface area contributed by atoms with E-state index in [1.54, 1.807) is 0 Å². The number of rotatable bonds is 2. The van der Waals surface area contributed by atoms with E-state index in [0.29, 0.717) is 0 Å². The van der Waals surface area contributed by atoms with Gasteiger partial charge < -0.3 is 5.11 Å². The van der Waals surface area contributed by atoms with E-state index in [-0.39, 0.29) is 0 Å². The average molecular weight is 167 g/mol. The van der Waals surface area contributed by atoms with Crippen molar-refractivity contribution in [2.75, 3.05) is 0 Å². The summed E-state index contributed by atoms with van der Waals surface area (Å²) in [6, 6.07) is 0. The summed E-state index contributed by atoms with van der Waals surface area (Å²) in [5, 5.41) is 13.1. The highest BCUT2D eigenvalue weighted by atomic mass is 32.2. The molecule has 0 radical (unpaired) electrons. The number of carboxylic acid groups (broad SMARTS) is 1. The Balaban J connectivity index is 4.20. The molecule has 0 atom stereocenters. The van der Waals surface area contributed by atoms with E-state index in [9.17, 15) is 13.2 Å². The molecule has 7 nitrogen and oxygen atoms in total. The van der Waals surface area contributed by atoms with Crippen molar-refractivity contribution in [1.82, 2.24) is 0 Å². The van der Waals surface area contributed by atoms with Crippen molar-refractivity contribution in [3.63, 3.8) is 0 Å². The highest BCUT2D eigenvalue weighted by Crippen LogP contribution is 1.93. The van der Waals surface area contributed by atoms with Crippen LogP contribution in [0.2, 0.25) is 0 Å². The smallest absolute Gasteiger partial charge is 0.452 e. The maximum absolute atomic E-state index is 9.99. The molecule has 0 aliphatic carbocycles. The fourth-order valence-electron chi connectivity index (χ4n) is 0.0891. The zero-order chi connectivity index (χ0) is 8.20. The molecule has 0 amide bonds. The van der Waals surface area contributed by atoms with Crippen molar-refractivity contribution in [2.45, 2.75) is 0 Å². The van der Waals surface area contributed by atoms with E-state index in [4.69, 9.17) is 10.4 Å². The second kappa shape index (κ2) is 3.00. The lowest BCUT2D eigenvalue weighted by atomic mass is 11.6. The molecule has 0 fully saturated rings. The van der Waals surface area contributed by atoms with Crippen LogP contribution in [0.3, 0.4) is 0 Å². The second-order valence-corrected chi connectivity index (χ2v) is 2.36. The Morgan fingerprint density at radius 2 is 2.10 bits per heavy atom. The number of hydrogen-bond donors (Lipinski definition) is 1. The van der Waals surface area contributed by atoms with Crippen molar-refractivity contribution >= 4 is 15.4 Å². The minimum absolute atomic E-state index is 0.814. The molecular formula is C2HNO6S. The topological polar surface area (TPSA) is 114 Å². The molecule has 0 heterocycles. The molecule has 0 unspecified atom stereocenters. The van der Waals surface area contributed by atoms with Crippen molar-refractivity contribution in [2.24, 2.45) is 0 Å². The molecule has 1 N–H and O–H groups in total. The Hall–Kier alpha value is -1.33. The van der Waals surface area contributed by atoms with Gasteiger partial charge in [-0.25, -0.2) is 9.68 Å². The van der Waals surface area contributed by atoms with Crippen LogP contribution in [0.15, 0.2) is 0 Å². The first-order chi connectivity index (χ1) is 4.50. The largest absolute Gasteiger partial charge is 0.468 e. The van der Waals surface area contributed by atoms with Gasteiger partial charge in [0.2, 0.25) is 0 Å². The van der Waals surface area contributed by atoms with E-state index in [0.717, 1.165) is 6.26 Å². The zero-order valence-electron chi connectivity index (χ0n) is 4.34. The van der Waals surface area contributed by atoms with Gasteiger partial charge in [0.1, 0.15) is 0 Å². The quantitative estimate of drug-likeness (QED) is 0.332. The minimum Gasteiger partial charge on any atom is -0.468 e. The molecule has 0 spiro atoms. The number of nitrogens with zero attached hydrogens (tertiary/aromatic N) is 1. The molecule has 56 valence electrons. The molecule has 0 saturated heterocycles. The predicted molar refractivity (Wildman–Crippen MR) is 24.7 cm³/mol. The number of hydrogen-bond acceptors (Lipinski definition) is 6. The Kier molecular flexibility index (Phi) is 2.60. The lowest BCUT2D eigenvalue weighted by molar-refractivity contribution is -0.128. The average Bonchev–Trinajstić information content (AvgIpc) is 1.84. The third-order valence-electron chi connectivity index (χ3n) is 0.375. The molecule has 0 bridgehead atoms. The van der Waals surface area contributed by atoms with Crippen LogP contribution < -0.4 is 0 Å². The maximum atomic E-state index is 9.99. The Bertz CT molecular complexity index is 258. The highest BCUT2D eigenvalue weighted by molar-refractivity contribution is 8.01. The van der Waals surface area contributed by atoms with Crippen molar-refractivity contribution in [3.05, 3.63) is 0 Å². The molecule has 0 aliphatic rings. The van der Waals surface area contributed by atoms with Gasteiger partial charge in [0.25, 0.3) is 0 Å². The molecule has 0 aliphatic heterocycles. The van der Waals surface area contributed by atoms with Gasteiger partial charge in [0, 0.05) is 0 Å². The Labute approximate surface area is 55.4 Å². The van der Waals surface area contributed by atoms with Crippen LogP contribution in [0.5, 0.6) is 0 Å². The van der Waals surface area contributed by atoms with Crippen LogP contribution in [0.25, 0.3) is 0 Å². The van der Waals surface area contributed by atoms with Crippen LogP contribution >= 0.6 is 0 Å². The van der Waals surface area contributed by atoms with Gasteiger partial charge in [0.05, 0.1) is 0 Å². The van der Waals surface area contributed by atoms with Crippen molar-refractivity contribution < 1.29 is 27.5 Å². The van der Waals surface area contributed by atoms with E-state index in [1.165, 1.54) is 0 Å². The van der Waals surface area contributed by atoms with Crippen LogP contribution in [-0.2, 0) is 19.3 Å². The van der Waals surface area contributed by atoms with Gasteiger partial charge in [-0.15, -0.1) is 5.26 Å². The normalized spacial score (nSPS) is 9.90. The summed E-state index contributed by atoms with van der Waals surface area (Å²) in [6.45, 7) is 0. The summed E-state index contributed by atoms with van der Waals surface area (Å²) in [5.41, 5.74) is 0. The van der Waals surface area contributed by atoms with E-state index >= 15 is 0 Å². The van der Waals surface area contributed by atoms with Gasteiger partial charge in [-0.05, 0) is 4.33 Å². The second-order valence-electron chi connectivity index (χ2n) is 0.963. The summed E-state index contributed by atoms with van der Waals surface area (Å²) in [4.78, 5) is 12.8. The SMILES string of the molecule is N#COOS(=O)(=O)C(=O)O. The van der Waals surface area contributed by atoms with Gasteiger partial charge in [-0.2, -0.15) is 8.42 Å². The summed E-state index contributed by atoms with van der Waals surface area (Å²) < 4.78 is 23.1. The first-order valence-corrected chi connectivity index (χ1v) is 3.13. The predicted octanol–water partition coefficient (Wildman–Crippen LogP) is -0.577. The highest BCUT2D eigenvalue weighted by Gasteiger charge is 2.23. The number of carbonyl (C=O) groups is 1. The van der Waals surface area contributed by atoms with E-state index in [2.05, 4.69) is 9.22 Å². The summed E-state index contributed by atoms with van der Waals surface area (Å²) in [5.74, 6) is 0. The fourth-order valence-corrected chi connectivity index (χ4v) is 0.267. The molecule has 10 heavy (non-hydrogen) atoms. The summed E-state index contributed by atoms with van der Waals surface area (Å²) in [6.07, 6.45) is 0.814. The first-order valence-electron chi connectivity index (χ1n) is 1.73. The molecule has 0 aromatic carbocycles. The molecular weight excluding hydrogens is 166 g/mol. The Morgan fingerprint density at radius 1 is 1.60 bits per heavy atom. The molecule has 0 aromatic heterocycles. The standard InChI is InChI=1S/C2HNO6S/c3-1-8-9-10(6,7)2(4)5/h(H,4,5). The zero-order valence-corrected chi connectivity index (χ0v) is 5.16. The molecule has 0 rings (SSSR count).